The van der Waals surface area contributed by atoms with Crippen molar-refractivity contribution in [1.82, 2.24) is 19.9 Å². The van der Waals surface area contributed by atoms with E-state index < -0.39 is 9.84 Å². The summed E-state index contributed by atoms with van der Waals surface area (Å²) in [5.74, 6) is 1.07. The molecule has 3 aromatic rings. The Balaban J connectivity index is 1.75. The summed E-state index contributed by atoms with van der Waals surface area (Å²) in [5, 5.41) is 4.56. The van der Waals surface area contributed by atoms with Crippen LogP contribution < -0.4 is 5.32 Å². The van der Waals surface area contributed by atoms with Crippen LogP contribution in [-0.2, 0) is 16.3 Å². The average molecular weight is 371 g/mol. The highest BCUT2D eigenvalue weighted by atomic mass is 32.2. The molecule has 1 atom stereocenters. The third kappa shape index (κ3) is 2.94. The highest BCUT2D eigenvalue weighted by Gasteiger charge is 2.28. The van der Waals surface area contributed by atoms with Crippen molar-refractivity contribution < 1.29 is 8.42 Å². The second-order valence-corrected chi connectivity index (χ2v) is 8.98. The Hall–Kier alpha value is -2.48. The zero-order valence-corrected chi connectivity index (χ0v) is 15.5. The molecular weight excluding hydrogens is 350 g/mol. The van der Waals surface area contributed by atoms with Crippen LogP contribution in [-0.4, -0.2) is 34.1 Å². The van der Waals surface area contributed by atoms with Gasteiger partial charge >= 0.3 is 0 Å². The van der Waals surface area contributed by atoms with E-state index in [0.29, 0.717) is 17.9 Å². The highest BCUT2D eigenvalue weighted by molar-refractivity contribution is 7.91. The number of fused-ring (bicyclic) bond motifs is 2. The Bertz CT molecular complexity index is 1060. The number of aryl methyl sites for hydroxylation is 1. The Morgan fingerprint density at radius 2 is 2.04 bits per heavy atom. The Morgan fingerprint density at radius 1 is 1.19 bits per heavy atom. The number of pyridine rings is 1. The molecule has 0 bridgehead atoms. The van der Waals surface area contributed by atoms with Gasteiger partial charge in [0.25, 0.3) is 0 Å². The second-order valence-electron chi connectivity index (χ2n) is 6.95. The monoisotopic (exact) mass is 371 g/mol. The Morgan fingerprint density at radius 3 is 2.85 bits per heavy atom. The molecule has 0 unspecified atom stereocenters. The smallest absolute Gasteiger partial charge is 0.195 e. The number of nitrogens with zero attached hydrogens (tertiary/aromatic N) is 3. The van der Waals surface area contributed by atoms with Gasteiger partial charge in [-0.2, -0.15) is 0 Å². The van der Waals surface area contributed by atoms with Gasteiger partial charge in [0.2, 0.25) is 0 Å². The van der Waals surface area contributed by atoms with Crippen molar-refractivity contribution in [3.05, 3.63) is 42.0 Å². The van der Waals surface area contributed by atoms with Gasteiger partial charge in [-0.1, -0.05) is 19.9 Å². The first-order valence-electron chi connectivity index (χ1n) is 8.73. The van der Waals surface area contributed by atoms with E-state index in [9.17, 15) is 8.42 Å². The van der Waals surface area contributed by atoms with Crippen LogP contribution in [0, 0.1) is 5.92 Å². The van der Waals surface area contributed by atoms with Crippen LogP contribution >= 0.6 is 0 Å². The summed E-state index contributed by atoms with van der Waals surface area (Å²) in [6.45, 7) is 4.14. The van der Waals surface area contributed by atoms with E-state index in [1.54, 1.807) is 0 Å². The highest BCUT2D eigenvalue weighted by Crippen LogP contribution is 2.30. The molecule has 0 saturated heterocycles. The molecule has 2 N–H and O–H groups in total. The van der Waals surface area contributed by atoms with Gasteiger partial charge in [0.05, 0.1) is 22.9 Å². The molecule has 1 aliphatic heterocycles. The van der Waals surface area contributed by atoms with Crippen LogP contribution in [0.3, 0.4) is 0 Å². The van der Waals surface area contributed by atoms with Gasteiger partial charge in [0, 0.05) is 6.20 Å². The molecule has 4 heterocycles. The third-order valence-corrected chi connectivity index (χ3v) is 6.51. The minimum absolute atomic E-state index is 0.162. The van der Waals surface area contributed by atoms with Gasteiger partial charge in [-0.05, 0) is 36.5 Å². The first kappa shape index (κ1) is 17.0. The molecule has 3 aromatic heterocycles. The molecular formula is C18H21N5O2S. The summed E-state index contributed by atoms with van der Waals surface area (Å²) < 4.78 is 24.8. The van der Waals surface area contributed by atoms with E-state index in [1.807, 2.05) is 24.4 Å². The lowest BCUT2D eigenvalue weighted by Crippen LogP contribution is -2.23. The van der Waals surface area contributed by atoms with Crippen LogP contribution in [0.2, 0.25) is 0 Å². The van der Waals surface area contributed by atoms with E-state index in [2.05, 4.69) is 39.1 Å². The number of sulfone groups is 1. The predicted molar refractivity (Wildman–Crippen MR) is 99.7 cm³/mol. The standard InChI is InChI=1S/C18H21N5O2S/c1-11(2)15(23-17-13-7-8-19-16(13)20-10-21-17)14-6-5-12-4-3-9-26(24,25)18(12)22-14/h5-8,10-11,15H,3-4,9H2,1-2H3,(H2,19,20,21,23)/t15-/m0/s1. The summed E-state index contributed by atoms with van der Waals surface area (Å²) in [6, 6.07) is 5.58. The molecule has 0 amide bonds. The molecule has 1 aliphatic rings. The molecule has 4 rings (SSSR count). The van der Waals surface area contributed by atoms with Crippen LogP contribution in [0.4, 0.5) is 5.82 Å². The molecule has 0 aromatic carbocycles. The summed E-state index contributed by atoms with van der Waals surface area (Å²) in [4.78, 5) is 16.2. The Labute approximate surface area is 152 Å². The molecule has 8 heteroatoms. The fourth-order valence-electron chi connectivity index (χ4n) is 3.38. The van der Waals surface area contributed by atoms with Gasteiger partial charge in [-0.3, -0.25) is 0 Å². The van der Waals surface area contributed by atoms with E-state index >= 15 is 0 Å². The van der Waals surface area contributed by atoms with E-state index in [1.165, 1.54) is 6.33 Å². The van der Waals surface area contributed by atoms with Crippen molar-refractivity contribution in [2.75, 3.05) is 11.1 Å². The van der Waals surface area contributed by atoms with Crippen molar-refractivity contribution in [2.24, 2.45) is 5.92 Å². The first-order valence-corrected chi connectivity index (χ1v) is 10.4. The maximum atomic E-state index is 12.4. The zero-order chi connectivity index (χ0) is 18.3. The SMILES string of the molecule is CC(C)[C@H](Nc1ncnc2[nH]ccc12)c1ccc2c(n1)S(=O)(=O)CCC2. The summed E-state index contributed by atoms with van der Waals surface area (Å²) >= 11 is 0. The topological polar surface area (TPSA) is 101 Å². The first-order chi connectivity index (χ1) is 12.5. The van der Waals surface area contributed by atoms with Crippen LogP contribution in [0.15, 0.2) is 35.7 Å². The maximum Gasteiger partial charge on any atom is 0.195 e. The molecule has 0 saturated carbocycles. The molecule has 136 valence electrons. The van der Waals surface area contributed by atoms with Crippen molar-refractivity contribution >= 4 is 26.7 Å². The molecule has 0 spiro atoms. The number of aromatic amines is 1. The lowest BCUT2D eigenvalue weighted by Gasteiger charge is -2.24. The zero-order valence-electron chi connectivity index (χ0n) is 14.7. The van der Waals surface area contributed by atoms with Gasteiger partial charge in [0.15, 0.2) is 14.9 Å². The van der Waals surface area contributed by atoms with Crippen molar-refractivity contribution in [2.45, 2.75) is 37.8 Å². The number of anilines is 1. The lowest BCUT2D eigenvalue weighted by atomic mass is 9.99. The van der Waals surface area contributed by atoms with Crippen molar-refractivity contribution in [3.63, 3.8) is 0 Å². The lowest BCUT2D eigenvalue weighted by molar-refractivity contribution is 0.525. The fraction of sp³-hybridized carbons (Fsp3) is 0.389. The average Bonchev–Trinajstić information content (AvgIpc) is 3.08. The van der Waals surface area contributed by atoms with Crippen LogP contribution in [0.5, 0.6) is 0 Å². The number of hydrogen-bond donors (Lipinski definition) is 2. The second kappa shape index (κ2) is 6.35. The van der Waals surface area contributed by atoms with Crippen molar-refractivity contribution in [1.29, 1.82) is 0 Å². The molecule has 7 nitrogen and oxygen atoms in total. The van der Waals surface area contributed by atoms with E-state index in [4.69, 9.17) is 0 Å². The van der Waals surface area contributed by atoms with Crippen LogP contribution in [0.25, 0.3) is 11.0 Å². The molecule has 0 radical (unpaired) electrons. The van der Waals surface area contributed by atoms with Gasteiger partial charge in [0.1, 0.15) is 17.8 Å². The van der Waals surface area contributed by atoms with Crippen LogP contribution in [0.1, 0.15) is 37.6 Å². The maximum absolute atomic E-state index is 12.4. The third-order valence-electron chi connectivity index (χ3n) is 4.75. The number of H-pyrrole nitrogens is 1. The summed E-state index contributed by atoms with van der Waals surface area (Å²) in [7, 11) is -3.29. The van der Waals surface area contributed by atoms with Gasteiger partial charge in [-0.25, -0.2) is 23.4 Å². The fourth-order valence-corrected chi connectivity index (χ4v) is 4.91. The number of hydrogen-bond acceptors (Lipinski definition) is 6. The summed E-state index contributed by atoms with van der Waals surface area (Å²) in [5.41, 5.74) is 2.29. The predicted octanol–water partition coefficient (Wildman–Crippen LogP) is 2.88. The van der Waals surface area contributed by atoms with Gasteiger partial charge < -0.3 is 10.3 Å². The van der Waals surface area contributed by atoms with Gasteiger partial charge in [-0.15, -0.1) is 0 Å². The number of aromatic nitrogens is 4. The molecule has 26 heavy (non-hydrogen) atoms. The normalized spacial score (nSPS) is 17.2. The quantitative estimate of drug-likeness (QED) is 0.731. The number of rotatable bonds is 4. The minimum atomic E-state index is -3.29. The largest absolute Gasteiger partial charge is 0.361 e. The molecule has 0 aliphatic carbocycles. The van der Waals surface area contributed by atoms with Crippen molar-refractivity contribution in [3.8, 4) is 0 Å². The Kier molecular flexibility index (Phi) is 4.14. The number of nitrogens with one attached hydrogen (secondary N) is 2. The summed E-state index contributed by atoms with van der Waals surface area (Å²) in [6.07, 6.45) is 4.74. The molecule has 0 fully saturated rings. The minimum Gasteiger partial charge on any atom is -0.361 e. The van der Waals surface area contributed by atoms with E-state index in [-0.39, 0.29) is 22.7 Å². The van der Waals surface area contributed by atoms with E-state index in [0.717, 1.165) is 23.0 Å².